The van der Waals surface area contributed by atoms with Crippen molar-refractivity contribution in [3.63, 3.8) is 0 Å². The molecule has 0 aromatic heterocycles. The summed E-state index contributed by atoms with van der Waals surface area (Å²) < 4.78 is 20.7. The van der Waals surface area contributed by atoms with Gasteiger partial charge in [-0.2, -0.15) is 0 Å². The van der Waals surface area contributed by atoms with Gasteiger partial charge in [0.15, 0.2) is 16.6 Å². The molecule has 0 aliphatic rings. The lowest BCUT2D eigenvalue weighted by Gasteiger charge is -2.15. The number of hydrogen-bond donors (Lipinski definition) is 3. The molecular weight excluding hydrogens is 422 g/mol. The highest BCUT2D eigenvalue weighted by Gasteiger charge is 2.18. The van der Waals surface area contributed by atoms with Crippen LogP contribution in [-0.2, 0) is 4.74 Å². The summed E-state index contributed by atoms with van der Waals surface area (Å²) in [5.74, 6) is 0.265. The number of nitrogens with one attached hydrogen (secondary N) is 3. The molecule has 0 aliphatic heterocycles. The summed E-state index contributed by atoms with van der Waals surface area (Å²) in [4.78, 5) is 25.1. The first-order valence-electron chi connectivity index (χ1n) is 9.23. The second-order valence-electron chi connectivity index (χ2n) is 6.12. The molecule has 2 aromatic rings. The topological polar surface area (TPSA) is 107 Å². The molecule has 0 saturated heterocycles. The second-order valence-corrected chi connectivity index (χ2v) is 6.52. The molecule has 0 saturated carbocycles. The SMILES string of the molecule is COCCNC(=O)c1ccccc1NC(=S)NC(=O)c1cc(OC)c(OC)c(OC)c1. The second kappa shape index (κ2) is 11.7. The van der Waals surface area contributed by atoms with E-state index in [2.05, 4.69) is 16.0 Å². The highest BCUT2D eigenvalue weighted by Crippen LogP contribution is 2.38. The van der Waals surface area contributed by atoms with Gasteiger partial charge >= 0.3 is 0 Å². The zero-order chi connectivity index (χ0) is 22.8. The van der Waals surface area contributed by atoms with Gasteiger partial charge in [0.2, 0.25) is 5.75 Å². The summed E-state index contributed by atoms with van der Waals surface area (Å²) >= 11 is 5.25. The van der Waals surface area contributed by atoms with Crippen molar-refractivity contribution in [3.05, 3.63) is 47.5 Å². The molecule has 0 radical (unpaired) electrons. The average Bonchev–Trinajstić information content (AvgIpc) is 2.78. The minimum atomic E-state index is -0.487. The normalized spacial score (nSPS) is 10.1. The van der Waals surface area contributed by atoms with Crippen molar-refractivity contribution >= 4 is 34.8 Å². The van der Waals surface area contributed by atoms with Gasteiger partial charge in [-0.25, -0.2) is 0 Å². The molecule has 0 unspecified atom stereocenters. The summed E-state index contributed by atoms with van der Waals surface area (Å²) in [6.45, 7) is 0.760. The Bertz CT molecular complexity index is 925. The summed E-state index contributed by atoms with van der Waals surface area (Å²) in [6, 6.07) is 9.83. The van der Waals surface area contributed by atoms with Crippen molar-refractivity contribution in [3.8, 4) is 17.2 Å². The summed E-state index contributed by atoms with van der Waals surface area (Å²) in [5.41, 5.74) is 1.08. The summed E-state index contributed by atoms with van der Waals surface area (Å²) in [5, 5.41) is 8.23. The number of para-hydroxylation sites is 1. The Balaban J connectivity index is 2.13. The van der Waals surface area contributed by atoms with Gasteiger partial charge in [0.05, 0.1) is 39.2 Å². The quantitative estimate of drug-likeness (QED) is 0.397. The molecule has 0 aliphatic carbocycles. The molecule has 9 nitrogen and oxygen atoms in total. The summed E-state index contributed by atoms with van der Waals surface area (Å²) in [6.07, 6.45) is 0. The van der Waals surface area contributed by atoms with Crippen molar-refractivity contribution in [2.75, 3.05) is 46.9 Å². The molecule has 0 fully saturated rings. The Labute approximate surface area is 186 Å². The lowest BCUT2D eigenvalue weighted by atomic mass is 10.1. The van der Waals surface area contributed by atoms with Crippen LogP contribution in [0.3, 0.4) is 0 Å². The Morgan fingerprint density at radius 1 is 0.935 bits per heavy atom. The zero-order valence-electron chi connectivity index (χ0n) is 17.7. The maximum atomic E-state index is 12.7. The molecule has 0 bridgehead atoms. The predicted molar refractivity (Wildman–Crippen MR) is 120 cm³/mol. The van der Waals surface area contributed by atoms with Gasteiger partial charge in [-0.1, -0.05) is 12.1 Å². The van der Waals surface area contributed by atoms with Gasteiger partial charge in [-0.05, 0) is 36.5 Å². The van der Waals surface area contributed by atoms with Gasteiger partial charge in [-0.15, -0.1) is 0 Å². The van der Waals surface area contributed by atoms with E-state index in [1.165, 1.54) is 33.5 Å². The molecule has 0 heterocycles. The van der Waals surface area contributed by atoms with Gasteiger partial charge in [0.1, 0.15) is 0 Å². The Hall–Kier alpha value is -3.37. The number of carbonyl (C=O) groups is 2. The minimum Gasteiger partial charge on any atom is -0.493 e. The van der Waals surface area contributed by atoms with Crippen LogP contribution in [0.4, 0.5) is 5.69 Å². The van der Waals surface area contributed by atoms with Crippen LogP contribution in [0.15, 0.2) is 36.4 Å². The minimum absolute atomic E-state index is 0.0240. The smallest absolute Gasteiger partial charge is 0.257 e. The van der Waals surface area contributed by atoms with Crippen molar-refractivity contribution in [1.82, 2.24) is 10.6 Å². The molecule has 2 aromatic carbocycles. The Kier molecular flexibility index (Phi) is 9.04. The number of amides is 2. The molecule has 2 rings (SSSR count). The molecule has 0 atom stereocenters. The molecule has 0 spiro atoms. The lowest BCUT2D eigenvalue weighted by molar-refractivity contribution is 0.0936. The third kappa shape index (κ3) is 6.30. The van der Waals surface area contributed by atoms with E-state index in [-0.39, 0.29) is 16.6 Å². The van der Waals surface area contributed by atoms with Crippen molar-refractivity contribution < 1.29 is 28.5 Å². The van der Waals surface area contributed by atoms with Crippen LogP contribution in [0.2, 0.25) is 0 Å². The monoisotopic (exact) mass is 447 g/mol. The van der Waals surface area contributed by atoms with Crippen LogP contribution in [0, 0.1) is 0 Å². The van der Waals surface area contributed by atoms with E-state index in [0.29, 0.717) is 41.7 Å². The van der Waals surface area contributed by atoms with E-state index in [1.807, 2.05) is 0 Å². The highest BCUT2D eigenvalue weighted by molar-refractivity contribution is 7.80. The average molecular weight is 448 g/mol. The largest absolute Gasteiger partial charge is 0.493 e. The third-order valence-corrected chi connectivity index (χ3v) is 4.37. The number of thiocarbonyl (C=S) groups is 1. The lowest BCUT2D eigenvalue weighted by Crippen LogP contribution is -2.35. The van der Waals surface area contributed by atoms with Crippen molar-refractivity contribution in [2.24, 2.45) is 0 Å². The number of ether oxygens (including phenoxy) is 4. The first-order chi connectivity index (χ1) is 14.9. The molecular formula is C21H25N3O6S. The first kappa shape index (κ1) is 23.9. The van der Waals surface area contributed by atoms with E-state index in [0.717, 1.165) is 0 Å². The number of benzene rings is 2. The Morgan fingerprint density at radius 2 is 1.58 bits per heavy atom. The Morgan fingerprint density at radius 3 is 2.16 bits per heavy atom. The van der Waals surface area contributed by atoms with Crippen molar-refractivity contribution in [1.29, 1.82) is 0 Å². The standard InChI is InChI=1S/C21H25N3O6S/c1-27-10-9-22-20(26)14-7-5-6-8-15(14)23-21(31)24-19(25)13-11-16(28-2)18(30-4)17(12-13)29-3/h5-8,11-12H,9-10H2,1-4H3,(H,22,26)(H2,23,24,25,31). The predicted octanol–water partition coefficient (Wildman–Crippen LogP) is 2.22. The van der Waals surface area contributed by atoms with Crippen LogP contribution in [0.1, 0.15) is 20.7 Å². The number of methoxy groups -OCH3 is 4. The fourth-order valence-corrected chi connectivity index (χ4v) is 2.90. The van der Waals surface area contributed by atoms with Crippen molar-refractivity contribution in [2.45, 2.75) is 0 Å². The van der Waals surface area contributed by atoms with Crippen LogP contribution in [-0.4, -0.2) is 58.5 Å². The van der Waals surface area contributed by atoms with Gasteiger partial charge < -0.3 is 29.6 Å². The fourth-order valence-electron chi connectivity index (χ4n) is 2.69. The number of hydrogen-bond acceptors (Lipinski definition) is 7. The van der Waals surface area contributed by atoms with Crippen LogP contribution in [0.25, 0.3) is 0 Å². The van der Waals surface area contributed by atoms with E-state index < -0.39 is 5.91 Å². The first-order valence-corrected chi connectivity index (χ1v) is 9.64. The van der Waals surface area contributed by atoms with E-state index in [1.54, 1.807) is 31.4 Å². The molecule has 10 heteroatoms. The molecule has 2 amide bonds. The van der Waals surface area contributed by atoms with Gasteiger partial charge in [0, 0.05) is 19.2 Å². The van der Waals surface area contributed by atoms with E-state index in [4.69, 9.17) is 31.2 Å². The third-order valence-electron chi connectivity index (χ3n) is 4.17. The van der Waals surface area contributed by atoms with E-state index in [9.17, 15) is 9.59 Å². The van der Waals surface area contributed by atoms with Gasteiger partial charge in [-0.3, -0.25) is 14.9 Å². The van der Waals surface area contributed by atoms with Crippen LogP contribution >= 0.6 is 12.2 Å². The van der Waals surface area contributed by atoms with Crippen LogP contribution < -0.4 is 30.2 Å². The maximum absolute atomic E-state index is 12.7. The molecule has 166 valence electrons. The van der Waals surface area contributed by atoms with Crippen LogP contribution in [0.5, 0.6) is 17.2 Å². The summed E-state index contributed by atoms with van der Waals surface area (Å²) in [7, 11) is 5.94. The highest BCUT2D eigenvalue weighted by atomic mass is 32.1. The van der Waals surface area contributed by atoms with E-state index >= 15 is 0 Å². The fraction of sp³-hybridized carbons (Fsp3) is 0.286. The number of carbonyl (C=O) groups excluding carboxylic acids is 2. The maximum Gasteiger partial charge on any atom is 0.257 e. The number of rotatable bonds is 9. The molecule has 3 N–H and O–H groups in total. The number of anilines is 1. The van der Waals surface area contributed by atoms with Gasteiger partial charge in [0.25, 0.3) is 11.8 Å². The molecule has 31 heavy (non-hydrogen) atoms. The zero-order valence-corrected chi connectivity index (χ0v) is 18.6.